The molecule has 10 heavy (non-hydrogen) atoms. The highest BCUT2D eigenvalue weighted by atomic mass is 14.6. The summed E-state index contributed by atoms with van der Waals surface area (Å²) >= 11 is 0. The molecule has 58 valence electrons. The fourth-order valence-corrected chi connectivity index (χ4v) is 1.77. The van der Waals surface area contributed by atoms with Crippen molar-refractivity contribution in [2.24, 2.45) is 11.1 Å². The van der Waals surface area contributed by atoms with E-state index in [4.69, 9.17) is 5.73 Å². The van der Waals surface area contributed by atoms with Crippen molar-refractivity contribution in [3.05, 3.63) is 12.2 Å². The van der Waals surface area contributed by atoms with E-state index in [9.17, 15) is 0 Å². The Bertz CT molecular complexity index is 128. The molecule has 0 aromatic carbocycles. The summed E-state index contributed by atoms with van der Waals surface area (Å²) in [5, 5.41) is 0. The third-order valence-corrected chi connectivity index (χ3v) is 2.52. The van der Waals surface area contributed by atoms with Crippen molar-refractivity contribution in [2.45, 2.75) is 32.6 Å². The van der Waals surface area contributed by atoms with E-state index in [1.54, 1.807) is 0 Å². The lowest BCUT2D eigenvalue weighted by Crippen LogP contribution is -2.37. The predicted octanol–water partition coefficient (Wildman–Crippen LogP) is 2.08. The number of nitrogens with two attached hydrogens (primary N) is 1. The normalized spacial score (nSPS) is 21.8. The van der Waals surface area contributed by atoms with Gasteiger partial charge in [-0.2, -0.15) is 0 Å². The molecule has 0 radical (unpaired) electrons. The first-order valence-corrected chi connectivity index (χ1v) is 4.03. The zero-order valence-corrected chi connectivity index (χ0v) is 6.82. The van der Waals surface area contributed by atoms with Crippen molar-refractivity contribution in [1.82, 2.24) is 0 Å². The first kappa shape index (κ1) is 7.80. The third kappa shape index (κ3) is 1.40. The van der Waals surface area contributed by atoms with Crippen molar-refractivity contribution in [3.8, 4) is 0 Å². The van der Waals surface area contributed by atoms with Crippen LogP contribution in [0.4, 0.5) is 0 Å². The van der Waals surface area contributed by atoms with Gasteiger partial charge in [-0.3, -0.25) is 0 Å². The van der Waals surface area contributed by atoms with Crippen LogP contribution < -0.4 is 5.73 Å². The second-order valence-electron chi connectivity index (χ2n) is 3.69. The monoisotopic (exact) mass is 139 g/mol. The molecule has 0 aliphatic heterocycles. The maximum atomic E-state index is 5.68. The van der Waals surface area contributed by atoms with Crippen LogP contribution in [0.3, 0.4) is 0 Å². The van der Waals surface area contributed by atoms with Gasteiger partial charge in [-0.05, 0) is 38.1 Å². The lowest BCUT2D eigenvalue weighted by molar-refractivity contribution is 0.145. The zero-order chi connectivity index (χ0) is 7.61. The topological polar surface area (TPSA) is 26.0 Å². The van der Waals surface area contributed by atoms with Gasteiger partial charge in [0.25, 0.3) is 0 Å². The smallest absolute Gasteiger partial charge is 0.00175 e. The van der Waals surface area contributed by atoms with Gasteiger partial charge in [0, 0.05) is 0 Å². The highest BCUT2D eigenvalue weighted by molar-refractivity contribution is 5.01. The van der Waals surface area contributed by atoms with Gasteiger partial charge in [-0.15, -0.1) is 6.58 Å². The van der Waals surface area contributed by atoms with Crippen LogP contribution in [0.1, 0.15) is 32.6 Å². The van der Waals surface area contributed by atoms with Crippen molar-refractivity contribution in [1.29, 1.82) is 0 Å². The van der Waals surface area contributed by atoms with E-state index in [2.05, 4.69) is 13.5 Å². The van der Waals surface area contributed by atoms with Crippen molar-refractivity contribution in [3.63, 3.8) is 0 Å². The average molecular weight is 139 g/mol. The summed E-state index contributed by atoms with van der Waals surface area (Å²) in [6, 6.07) is 0. The molecule has 1 aliphatic rings. The molecular weight excluding hydrogens is 122 g/mol. The molecular formula is C9H17N. The molecule has 0 amide bonds. The predicted molar refractivity (Wildman–Crippen MR) is 44.8 cm³/mol. The molecule has 1 nitrogen and oxygen atoms in total. The minimum Gasteiger partial charge on any atom is -0.330 e. The minimum absolute atomic E-state index is 0.464. The number of hydrogen-bond acceptors (Lipinski definition) is 1. The standard InChI is InChI=1S/C9H17N/c1-8(2)6-9(7-10)4-3-5-9/h1,3-7,10H2,2H3. The maximum absolute atomic E-state index is 5.68. The Morgan fingerprint density at radius 2 is 2.20 bits per heavy atom. The largest absolute Gasteiger partial charge is 0.330 e. The van der Waals surface area contributed by atoms with Gasteiger partial charge < -0.3 is 5.73 Å². The van der Waals surface area contributed by atoms with Gasteiger partial charge in [-0.1, -0.05) is 12.0 Å². The van der Waals surface area contributed by atoms with E-state index in [0.29, 0.717) is 5.41 Å². The molecule has 1 rings (SSSR count). The van der Waals surface area contributed by atoms with Crippen molar-refractivity contribution < 1.29 is 0 Å². The van der Waals surface area contributed by atoms with E-state index >= 15 is 0 Å². The molecule has 0 saturated heterocycles. The summed E-state index contributed by atoms with van der Waals surface area (Å²) < 4.78 is 0. The molecule has 0 heterocycles. The van der Waals surface area contributed by atoms with E-state index in [0.717, 1.165) is 13.0 Å². The van der Waals surface area contributed by atoms with Gasteiger partial charge in [-0.25, -0.2) is 0 Å². The van der Waals surface area contributed by atoms with Crippen LogP contribution in [0.25, 0.3) is 0 Å². The average Bonchev–Trinajstić information content (AvgIpc) is 1.78. The molecule has 1 fully saturated rings. The maximum Gasteiger partial charge on any atom is -0.00175 e. The Kier molecular flexibility index (Phi) is 2.14. The summed E-state index contributed by atoms with van der Waals surface area (Å²) in [5.41, 5.74) is 7.42. The summed E-state index contributed by atoms with van der Waals surface area (Å²) in [5.74, 6) is 0. The van der Waals surface area contributed by atoms with E-state index in [1.165, 1.54) is 24.8 Å². The molecule has 0 unspecified atom stereocenters. The van der Waals surface area contributed by atoms with Gasteiger partial charge in [0.2, 0.25) is 0 Å². The van der Waals surface area contributed by atoms with Crippen molar-refractivity contribution >= 4 is 0 Å². The zero-order valence-electron chi connectivity index (χ0n) is 6.82. The molecule has 0 aromatic rings. The molecule has 1 saturated carbocycles. The Morgan fingerprint density at radius 1 is 1.60 bits per heavy atom. The Hall–Kier alpha value is -0.300. The number of hydrogen-bond donors (Lipinski definition) is 1. The van der Waals surface area contributed by atoms with Crippen LogP contribution >= 0.6 is 0 Å². The molecule has 1 aliphatic carbocycles. The second-order valence-corrected chi connectivity index (χ2v) is 3.69. The van der Waals surface area contributed by atoms with Crippen LogP contribution in [-0.4, -0.2) is 6.54 Å². The number of allylic oxidation sites excluding steroid dienone is 1. The minimum atomic E-state index is 0.464. The quantitative estimate of drug-likeness (QED) is 0.595. The summed E-state index contributed by atoms with van der Waals surface area (Å²) in [4.78, 5) is 0. The van der Waals surface area contributed by atoms with E-state index < -0.39 is 0 Å². The van der Waals surface area contributed by atoms with E-state index in [-0.39, 0.29) is 0 Å². The van der Waals surface area contributed by atoms with Gasteiger partial charge >= 0.3 is 0 Å². The summed E-state index contributed by atoms with van der Waals surface area (Å²) in [7, 11) is 0. The van der Waals surface area contributed by atoms with E-state index in [1.807, 2.05) is 0 Å². The van der Waals surface area contributed by atoms with Gasteiger partial charge in [0.1, 0.15) is 0 Å². The van der Waals surface area contributed by atoms with Crippen LogP contribution in [0.15, 0.2) is 12.2 Å². The highest BCUT2D eigenvalue weighted by Gasteiger charge is 2.34. The number of rotatable bonds is 3. The van der Waals surface area contributed by atoms with Gasteiger partial charge in [0.05, 0.1) is 0 Å². The van der Waals surface area contributed by atoms with Crippen LogP contribution in [-0.2, 0) is 0 Å². The van der Waals surface area contributed by atoms with Crippen LogP contribution in [0, 0.1) is 5.41 Å². The van der Waals surface area contributed by atoms with Crippen LogP contribution in [0.5, 0.6) is 0 Å². The fourth-order valence-electron chi connectivity index (χ4n) is 1.77. The summed E-state index contributed by atoms with van der Waals surface area (Å²) in [6.07, 6.45) is 5.14. The first-order valence-electron chi connectivity index (χ1n) is 4.03. The summed E-state index contributed by atoms with van der Waals surface area (Å²) in [6.45, 7) is 6.85. The van der Waals surface area contributed by atoms with Gasteiger partial charge in [0.15, 0.2) is 0 Å². The lowest BCUT2D eigenvalue weighted by Gasteiger charge is -2.41. The Morgan fingerprint density at radius 3 is 2.30 bits per heavy atom. The first-order chi connectivity index (χ1) is 4.68. The van der Waals surface area contributed by atoms with Crippen molar-refractivity contribution in [2.75, 3.05) is 6.54 Å². The van der Waals surface area contributed by atoms with Crippen LogP contribution in [0.2, 0.25) is 0 Å². The second kappa shape index (κ2) is 2.75. The Balaban J connectivity index is 2.40. The molecule has 0 bridgehead atoms. The lowest BCUT2D eigenvalue weighted by atomic mass is 9.65. The molecule has 1 heteroatoms. The molecule has 0 spiro atoms. The fraction of sp³-hybridized carbons (Fsp3) is 0.778. The third-order valence-electron chi connectivity index (χ3n) is 2.52. The molecule has 2 N–H and O–H groups in total. The molecule has 0 aromatic heterocycles. The molecule has 0 atom stereocenters. The SMILES string of the molecule is C=C(C)CC1(CN)CCC1. The highest BCUT2D eigenvalue weighted by Crippen LogP contribution is 2.44. The Labute approximate surface area is 63.3 Å².